The predicted molar refractivity (Wildman–Crippen MR) is 66.1 cm³/mol. The van der Waals surface area contributed by atoms with E-state index in [4.69, 9.17) is 5.73 Å². The molecule has 2 atom stereocenters. The van der Waals surface area contributed by atoms with Gasteiger partial charge in [0.2, 0.25) is 5.91 Å². The lowest BCUT2D eigenvalue weighted by atomic mass is 10.00. The third kappa shape index (κ3) is 3.07. The van der Waals surface area contributed by atoms with E-state index in [9.17, 15) is 4.79 Å². The van der Waals surface area contributed by atoms with Crippen molar-refractivity contribution in [3.8, 4) is 0 Å². The molecule has 0 saturated carbocycles. The quantitative estimate of drug-likeness (QED) is 0.813. The number of rotatable bonds is 4. The van der Waals surface area contributed by atoms with Crippen LogP contribution in [0.5, 0.6) is 0 Å². The van der Waals surface area contributed by atoms with Gasteiger partial charge in [0.15, 0.2) is 0 Å². The zero-order chi connectivity index (χ0) is 12.3. The van der Waals surface area contributed by atoms with E-state index in [0.717, 1.165) is 0 Å². The third-order valence-electron chi connectivity index (χ3n) is 2.82. The number of amides is 1. The highest BCUT2D eigenvalue weighted by atomic mass is 16.1. The number of nitrogens with one attached hydrogen (secondary N) is 1. The number of hydrogen-bond donors (Lipinski definition) is 2. The molecule has 0 aromatic heterocycles. The van der Waals surface area contributed by atoms with E-state index in [0.29, 0.717) is 0 Å². The molecule has 1 aromatic rings. The zero-order valence-electron chi connectivity index (χ0n) is 10.4. The smallest absolute Gasteiger partial charge is 0.234 e. The maximum atomic E-state index is 11.0. The molecule has 0 radical (unpaired) electrons. The molecule has 0 spiro atoms. The summed E-state index contributed by atoms with van der Waals surface area (Å²) < 4.78 is 0. The molecule has 0 aliphatic carbocycles. The second-order valence-corrected chi connectivity index (χ2v) is 4.37. The van der Waals surface area contributed by atoms with Gasteiger partial charge in [0.05, 0.1) is 6.04 Å². The summed E-state index contributed by atoms with van der Waals surface area (Å²) in [6.07, 6.45) is 0. The Morgan fingerprint density at radius 3 is 2.44 bits per heavy atom. The lowest BCUT2D eigenvalue weighted by Crippen LogP contribution is -2.40. The fraction of sp³-hybridized carbons (Fsp3) is 0.462. The number of aryl methyl sites for hydroxylation is 2. The van der Waals surface area contributed by atoms with E-state index in [-0.39, 0.29) is 18.0 Å². The van der Waals surface area contributed by atoms with E-state index in [1.165, 1.54) is 16.7 Å². The Morgan fingerprint density at radius 1 is 1.31 bits per heavy atom. The van der Waals surface area contributed by atoms with Crippen LogP contribution in [0.2, 0.25) is 0 Å². The number of carbonyl (C=O) groups is 1. The van der Waals surface area contributed by atoms with Crippen LogP contribution in [0.1, 0.15) is 36.6 Å². The number of nitrogens with two attached hydrogens (primary N) is 1. The van der Waals surface area contributed by atoms with Crippen molar-refractivity contribution in [2.24, 2.45) is 5.73 Å². The van der Waals surface area contributed by atoms with Gasteiger partial charge in [0.25, 0.3) is 0 Å². The minimum absolute atomic E-state index is 0.128. The van der Waals surface area contributed by atoms with E-state index >= 15 is 0 Å². The molecular formula is C13H20N2O. The Bertz CT molecular complexity index is 388. The number of hydrogen-bond acceptors (Lipinski definition) is 2. The van der Waals surface area contributed by atoms with Crippen molar-refractivity contribution in [1.82, 2.24) is 5.32 Å². The van der Waals surface area contributed by atoms with Crippen molar-refractivity contribution in [2.45, 2.75) is 39.8 Å². The number of carbonyl (C=O) groups excluding carboxylic acids is 1. The Kier molecular flexibility index (Phi) is 4.07. The standard InChI is InChI=1S/C13H20N2O/c1-8-5-6-12(9(2)7-8)10(3)15-11(4)13(14)16/h5-7,10-11,15H,1-4H3,(H2,14,16). The molecule has 1 aromatic carbocycles. The maximum Gasteiger partial charge on any atom is 0.234 e. The third-order valence-corrected chi connectivity index (χ3v) is 2.82. The first kappa shape index (κ1) is 12.7. The molecule has 0 aliphatic rings. The summed E-state index contributed by atoms with van der Waals surface area (Å²) in [6.45, 7) is 7.97. The average molecular weight is 220 g/mol. The highest BCUT2D eigenvalue weighted by molar-refractivity contribution is 5.79. The predicted octanol–water partition coefficient (Wildman–Crippen LogP) is 1.83. The molecule has 0 fully saturated rings. The average Bonchev–Trinajstić information content (AvgIpc) is 2.16. The summed E-state index contributed by atoms with van der Waals surface area (Å²) >= 11 is 0. The summed E-state index contributed by atoms with van der Waals surface area (Å²) in [4.78, 5) is 11.0. The van der Waals surface area contributed by atoms with Gasteiger partial charge in [-0.05, 0) is 38.8 Å². The van der Waals surface area contributed by atoms with E-state index in [1.54, 1.807) is 6.92 Å². The van der Waals surface area contributed by atoms with Crippen LogP contribution in [0.25, 0.3) is 0 Å². The van der Waals surface area contributed by atoms with Gasteiger partial charge in [-0.25, -0.2) is 0 Å². The van der Waals surface area contributed by atoms with Crippen LogP contribution in [0, 0.1) is 13.8 Å². The zero-order valence-corrected chi connectivity index (χ0v) is 10.4. The van der Waals surface area contributed by atoms with Crippen LogP contribution in [-0.2, 0) is 4.79 Å². The van der Waals surface area contributed by atoms with Gasteiger partial charge in [-0.15, -0.1) is 0 Å². The molecule has 3 N–H and O–H groups in total. The molecule has 2 unspecified atom stereocenters. The molecule has 3 heteroatoms. The van der Waals surface area contributed by atoms with Gasteiger partial charge in [-0.3, -0.25) is 10.1 Å². The Labute approximate surface area is 97.0 Å². The molecule has 0 bridgehead atoms. The fourth-order valence-electron chi connectivity index (χ4n) is 1.86. The van der Waals surface area contributed by atoms with E-state index in [2.05, 4.69) is 37.4 Å². The van der Waals surface area contributed by atoms with Gasteiger partial charge in [0.1, 0.15) is 0 Å². The molecule has 0 heterocycles. The first-order valence-electron chi connectivity index (χ1n) is 5.54. The molecule has 88 valence electrons. The van der Waals surface area contributed by atoms with E-state index < -0.39 is 0 Å². The molecule has 0 saturated heterocycles. The van der Waals surface area contributed by atoms with Crippen molar-refractivity contribution in [1.29, 1.82) is 0 Å². The van der Waals surface area contributed by atoms with Crippen LogP contribution >= 0.6 is 0 Å². The second kappa shape index (κ2) is 5.12. The topological polar surface area (TPSA) is 55.1 Å². The van der Waals surface area contributed by atoms with Crippen LogP contribution < -0.4 is 11.1 Å². The highest BCUT2D eigenvalue weighted by Gasteiger charge is 2.14. The second-order valence-electron chi connectivity index (χ2n) is 4.37. The van der Waals surface area contributed by atoms with Gasteiger partial charge in [0, 0.05) is 6.04 Å². The van der Waals surface area contributed by atoms with Crippen molar-refractivity contribution >= 4 is 5.91 Å². The maximum absolute atomic E-state index is 11.0. The SMILES string of the molecule is Cc1ccc(C(C)NC(C)C(N)=O)c(C)c1. The molecule has 3 nitrogen and oxygen atoms in total. The molecule has 16 heavy (non-hydrogen) atoms. The van der Waals surface area contributed by atoms with Gasteiger partial charge in [-0.1, -0.05) is 23.8 Å². The van der Waals surface area contributed by atoms with Crippen molar-refractivity contribution in [2.75, 3.05) is 0 Å². The normalized spacial score (nSPS) is 14.5. The Morgan fingerprint density at radius 2 is 1.94 bits per heavy atom. The van der Waals surface area contributed by atoms with Crippen molar-refractivity contribution < 1.29 is 4.79 Å². The van der Waals surface area contributed by atoms with Gasteiger partial charge < -0.3 is 5.73 Å². The lowest BCUT2D eigenvalue weighted by Gasteiger charge is -2.20. The first-order chi connectivity index (χ1) is 7.41. The summed E-state index contributed by atoms with van der Waals surface area (Å²) in [5.41, 5.74) is 8.91. The Hall–Kier alpha value is -1.35. The molecule has 0 aliphatic heterocycles. The summed E-state index contributed by atoms with van der Waals surface area (Å²) in [7, 11) is 0. The largest absolute Gasteiger partial charge is 0.368 e. The highest BCUT2D eigenvalue weighted by Crippen LogP contribution is 2.18. The van der Waals surface area contributed by atoms with Crippen LogP contribution in [0.15, 0.2) is 18.2 Å². The molecule has 1 amide bonds. The summed E-state index contributed by atoms with van der Waals surface area (Å²) in [5, 5.41) is 3.18. The summed E-state index contributed by atoms with van der Waals surface area (Å²) in [5.74, 6) is -0.323. The monoisotopic (exact) mass is 220 g/mol. The number of primary amides is 1. The van der Waals surface area contributed by atoms with Crippen LogP contribution in [0.4, 0.5) is 0 Å². The lowest BCUT2D eigenvalue weighted by molar-refractivity contribution is -0.119. The first-order valence-corrected chi connectivity index (χ1v) is 5.54. The van der Waals surface area contributed by atoms with Crippen LogP contribution in [0.3, 0.4) is 0 Å². The van der Waals surface area contributed by atoms with E-state index in [1.807, 2.05) is 6.92 Å². The minimum Gasteiger partial charge on any atom is -0.368 e. The van der Waals surface area contributed by atoms with Crippen molar-refractivity contribution in [3.63, 3.8) is 0 Å². The summed E-state index contributed by atoms with van der Waals surface area (Å²) in [6, 6.07) is 6.13. The molecule has 1 rings (SSSR count). The van der Waals surface area contributed by atoms with Gasteiger partial charge >= 0.3 is 0 Å². The number of benzene rings is 1. The fourth-order valence-corrected chi connectivity index (χ4v) is 1.86. The van der Waals surface area contributed by atoms with Crippen molar-refractivity contribution in [3.05, 3.63) is 34.9 Å². The van der Waals surface area contributed by atoms with Gasteiger partial charge in [-0.2, -0.15) is 0 Å². The van der Waals surface area contributed by atoms with Crippen LogP contribution in [-0.4, -0.2) is 11.9 Å². The minimum atomic E-state index is -0.323. The Balaban J connectivity index is 2.80. The molecular weight excluding hydrogens is 200 g/mol.